The maximum Gasteiger partial charge on any atom is 0.317 e. The van der Waals surface area contributed by atoms with Crippen molar-refractivity contribution in [1.82, 2.24) is 15.1 Å². The van der Waals surface area contributed by atoms with E-state index in [-0.39, 0.29) is 12.6 Å². The average molecular weight is 333 g/mol. The number of nitrogens with one attached hydrogen (secondary N) is 1. The number of rotatable bonds is 4. The molecule has 6 heteroatoms. The summed E-state index contributed by atoms with van der Waals surface area (Å²) in [5, 5.41) is 12.8. The molecule has 3 rings (SSSR count). The molecule has 2 heterocycles. The number of nitrogens with zero attached hydrogens (tertiary/aromatic N) is 2. The zero-order valence-electron chi connectivity index (χ0n) is 13.4. The quantitative estimate of drug-likeness (QED) is 0.900. The summed E-state index contributed by atoms with van der Waals surface area (Å²) in [4.78, 5) is 17.5. The van der Waals surface area contributed by atoms with Crippen LogP contribution in [0.5, 0.6) is 0 Å². The Morgan fingerprint density at radius 3 is 2.70 bits per heavy atom. The number of hydrogen-bond acceptors (Lipinski definition) is 4. The predicted molar refractivity (Wildman–Crippen MR) is 93.9 cm³/mol. The Morgan fingerprint density at radius 2 is 2.00 bits per heavy atom. The number of aryl methyl sites for hydroxylation is 1. The van der Waals surface area contributed by atoms with Crippen LogP contribution in [0.2, 0.25) is 0 Å². The van der Waals surface area contributed by atoms with Gasteiger partial charge in [-0.1, -0.05) is 18.2 Å². The van der Waals surface area contributed by atoms with Gasteiger partial charge in [0.05, 0.1) is 6.61 Å². The smallest absolute Gasteiger partial charge is 0.317 e. The Balaban J connectivity index is 1.58. The predicted octanol–water partition coefficient (Wildman–Crippen LogP) is 2.03. The fourth-order valence-corrected chi connectivity index (χ4v) is 4.22. The van der Waals surface area contributed by atoms with E-state index >= 15 is 0 Å². The third-order valence-corrected chi connectivity index (χ3v) is 5.61. The summed E-state index contributed by atoms with van der Waals surface area (Å²) in [5.41, 5.74) is 1.38. The fourth-order valence-electron chi connectivity index (χ4n) is 2.96. The Kier molecular flexibility index (Phi) is 5.15. The minimum Gasteiger partial charge on any atom is -0.395 e. The molecule has 0 unspecified atom stereocenters. The van der Waals surface area contributed by atoms with E-state index in [1.54, 1.807) is 0 Å². The van der Waals surface area contributed by atoms with Crippen molar-refractivity contribution in [2.24, 2.45) is 0 Å². The SMILES string of the molecule is Cc1c(CN2CCN(C(=O)NCCO)CC2)sc2ccccc12. The molecule has 0 saturated carbocycles. The minimum atomic E-state index is -0.0725. The lowest BCUT2D eigenvalue weighted by Gasteiger charge is -2.34. The maximum atomic E-state index is 11.9. The summed E-state index contributed by atoms with van der Waals surface area (Å²) in [7, 11) is 0. The van der Waals surface area contributed by atoms with E-state index in [0.717, 1.165) is 32.7 Å². The lowest BCUT2D eigenvalue weighted by Crippen LogP contribution is -2.51. The molecule has 5 nitrogen and oxygen atoms in total. The first-order chi connectivity index (χ1) is 11.2. The van der Waals surface area contributed by atoms with Crippen LogP contribution in [-0.4, -0.2) is 60.3 Å². The number of carbonyl (C=O) groups excluding carboxylic acids is 1. The van der Waals surface area contributed by atoms with Crippen LogP contribution in [0, 0.1) is 6.92 Å². The van der Waals surface area contributed by atoms with E-state index < -0.39 is 0 Å². The van der Waals surface area contributed by atoms with Gasteiger partial charge in [-0.3, -0.25) is 4.90 Å². The number of piperazine rings is 1. The number of fused-ring (bicyclic) bond motifs is 1. The highest BCUT2D eigenvalue weighted by Gasteiger charge is 2.21. The van der Waals surface area contributed by atoms with Gasteiger partial charge in [-0.25, -0.2) is 4.79 Å². The second-order valence-corrected chi connectivity index (χ2v) is 7.00. The van der Waals surface area contributed by atoms with Crippen LogP contribution in [0.4, 0.5) is 4.79 Å². The van der Waals surface area contributed by atoms with Crippen LogP contribution < -0.4 is 5.32 Å². The second-order valence-electron chi connectivity index (χ2n) is 5.87. The standard InChI is InChI=1S/C17H23N3O2S/c1-13-14-4-2-3-5-15(14)23-16(13)12-19-7-9-20(10-8-19)17(22)18-6-11-21/h2-5,21H,6-12H2,1H3,(H,18,22). The molecule has 2 aromatic rings. The van der Waals surface area contributed by atoms with Crippen LogP contribution in [0.3, 0.4) is 0 Å². The molecule has 0 radical (unpaired) electrons. The fraction of sp³-hybridized carbons (Fsp3) is 0.471. The lowest BCUT2D eigenvalue weighted by molar-refractivity contribution is 0.134. The first-order valence-corrected chi connectivity index (χ1v) is 8.83. The van der Waals surface area contributed by atoms with Gasteiger partial charge >= 0.3 is 6.03 Å². The van der Waals surface area contributed by atoms with Gasteiger partial charge in [-0.2, -0.15) is 0 Å². The van der Waals surface area contributed by atoms with Gasteiger partial charge < -0.3 is 15.3 Å². The normalized spacial score (nSPS) is 16.0. The first-order valence-electron chi connectivity index (χ1n) is 8.02. The molecule has 2 N–H and O–H groups in total. The Bertz CT molecular complexity index is 678. The van der Waals surface area contributed by atoms with Crippen molar-refractivity contribution in [2.75, 3.05) is 39.3 Å². The second kappa shape index (κ2) is 7.29. The molecule has 1 aromatic carbocycles. The molecular weight excluding hydrogens is 310 g/mol. The minimum absolute atomic E-state index is 0.0169. The molecule has 1 aliphatic rings. The highest BCUT2D eigenvalue weighted by atomic mass is 32.1. The van der Waals surface area contributed by atoms with Crippen molar-refractivity contribution in [2.45, 2.75) is 13.5 Å². The number of hydrogen-bond donors (Lipinski definition) is 2. The molecule has 124 valence electrons. The number of aliphatic hydroxyl groups is 1. The third kappa shape index (κ3) is 3.65. The Morgan fingerprint density at radius 1 is 1.26 bits per heavy atom. The molecule has 1 aromatic heterocycles. The molecular formula is C17H23N3O2S. The molecule has 0 bridgehead atoms. The average Bonchev–Trinajstić information content (AvgIpc) is 2.90. The summed E-state index contributed by atoms with van der Waals surface area (Å²) in [5.74, 6) is 0. The van der Waals surface area contributed by atoms with Crippen LogP contribution in [0.25, 0.3) is 10.1 Å². The van der Waals surface area contributed by atoms with Crippen LogP contribution >= 0.6 is 11.3 Å². The van der Waals surface area contributed by atoms with Crippen molar-refractivity contribution in [3.63, 3.8) is 0 Å². The highest BCUT2D eigenvalue weighted by molar-refractivity contribution is 7.19. The lowest BCUT2D eigenvalue weighted by atomic mass is 10.1. The molecule has 1 saturated heterocycles. The number of thiophene rings is 1. The van der Waals surface area contributed by atoms with Gasteiger partial charge in [0.25, 0.3) is 0 Å². The van der Waals surface area contributed by atoms with Crippen LogP contribution in [-0.2, 0) is 6.54 Å². The molecule has 1 aliphatic heterocycles. The third-order valence-electron chi connectivity index (χ3n) is 4.36. The molecule has 23 heavy (non-hydrogen) atoms. The van der Waals surface area contributed by atoms with Crippen molar-refractivity contribution >= 4 is 27.5 Å². The van der Waals surface area contributed by atoms with Crippen LogP contribution in [0.1, 0.15) is 10.4 Å². The van der Waals surface area contributed by atoms with Gasteiger partial charge in [0, 0.05) is 48.8 Å². The Labute approximate surface area is 140 Å². The largest absolute Gasteiger partial charge is 0.395 e. The monoisotopic (exact) mass is 333 g/mol. The summed E-state index contributed by atoms with van der Waals surface area (Å²) < 4.78 is 1.35. The molecule has 0 atom stereocenters. The summed E-state index contributed by atoms with van der Waals surface area (Å²) in [6, 6.07) is 8.48. The summed E-state index contributed by atoms with van der Waals surface area (Å²) in [6.45, 7) is 6.71. The molecule has 0 aliphatic carbocycles. The number of benzene rings is 1. The van der Waals surface area contributed by atoms with Gasteiger partial charge in [0.1, 0.15) is 0 Å². The van der Waals surface area contributed by atoms with Gasteiger partial charge in [0.2, 0.25) is 0 Å². The van der Waals surface area contributed by atoms with Crippen molar-refractivity contribution in [3.8, 4) is 0 Å². The maximum absolute atomic E-state index is 11.9. The van der Waals surface area contributed by atoms with E-state index in [4.69, 9.17) is 5.11 Å². The Hall–Kier alpha value is -1.63. The van der Waals surface area contributed by atoms with Gasteiger partial charge in [0.15, 0.2) is 0 Å². The first kappa shape index (κ1) is 16.2. The van der Waals surface area contributed by atoms with Crippen molar-refractivity contribution in [3.05, 3.63) is 34.7 Å². The summed E-state index contributed by atoms with van der Waals surface area (Å²) in [6.07, 6.45) is 0. The van der Waals surface area contributed by atoms with E-state index in [1.807, 2.05) is 16.2 Å². The number of amides is 2. The van der Waals surface area contributed by atoms with Crippen LogP contribution in [0.15, 0.2) is 24.3 Å². The molecule has 2 amide bonds. The van der Waals surface area contributed by atoms with E-state index in [0.29, 0.717) is 6.54 Å². The van der Waals surface area contributed by atoms with Gasteiger partial charge in [-0.15, -0.1) is 11.3 Å². The zero-order valence-corrected chi connectivity index (χ0v) is 14.2. The zero-order chi connectivity index (χ0) is 16.2. The highest BCUT2D eigenvalue weighted by Crippen LogP contribution is 2.31. The number of aliphatic hydroxyl groups excluding tert-OH is 1. The van der Waals surface area contributed by atoms with Crippen molar-refractivity contribution < 1.29 is 9.90 Å². The van der Waals surface area contributed by atoms with Gasteiger partial charge in [-0.05, 0) is 23.9 Å². The topological polar surface area (TPSA) is 55.8 Å². The summed E-state index contributed by atoms with van der Waals surface area (Å²) >= 11 is 1.87. The molecule has 1 fully saturated rings. The number of urea groups is 1. The van der Waals surface area contributed by atoms with E-state index in [1.165, 1.54) is 20.5 Å². The van der Waals surface area contributed by atoms with Crippen molar-refractivity contribution in [1.29, 1.82) is 0 Å². The van der Waals surface area contributed by atoms with E-state index in [9.17, 15) is 4.79 Å². The molecule has 0 spiro atoms. The number of carbonyl (C=O) groups is 1. The van der Waals surface area contributed by atoms with E-state index in [2.05, 4.69) is 41.4 Å².